The van der Waals surface area contributed by atoms with Crippen LogP contribution in [0, 0.1) is 5.92 Å². The fourth-order valence-electron chi connectivity index (χ4n) is 2.56. The highest BCUT2D eigenvalue weighted by Gasteiger charge is 2.07. The van der Waals surface area contributed by atoms with Gasteiger partial charge in [-0.15, -0.1) is 0 Å². The van der Waals surface area contributed by atoms with Gasteiger partial charge in [-0.3, -0.25) is 0 Å². The Morgan fingerprint density at radius 2 is 1.60 bits per heavy atom. The summed E-state index contributed by atoms with van der Waals surface area (Å²) in [6, 6.07) is 19.5. The second-order valence-electron chi connectivity index (χ2n) is 5.97. The number of aryl methyl sites for hydroxylation is 1. The zero-order valence-electron chi connectivity index (χ0n) is 12.5. The normalized spacial score (nSPS) is 12.6. The number of rotatable bonds is 6. The Balaban J connectivity index is 1.96. The molecule has 0 bridgehead atoms. The standard InChI is InChI=1S/C19H25N/c1-15(2)13-17-9-6-10-18(14-17)19(20)12-11-16-7-4-3-5-8-16/h3-10,14-15,19H,11-13,20H2,1-2H3. The molecule has 2 aromatic rings. The van der Waals surface area contributed by atoms with Gasteiger partial charge in [0.05, 0.1) is 0 Å². The molecule has 0 amide bonds. The maximum absolute atomic E-state index is 6.34. The average Bonchev–Trinajstić information content (AvgIpc) is 2.45. The van der Waals surface area contributed by atoms with Crippen LogP contribution < -0.4 is 5.73 Å². The maximum atomic E-state index is 6.34. The van der Waals surface area contributed by atoms with Gasteiger partial charge >= 0.3 is 0 Å². The molecule has 2 aromatic carbocycles. The first-order valence-electron chi connectivity index (χ1n) is 7.53. The van der Waals surface area contributed by atoms with E-state index in [9.17, 15) is 0 Å². The molecule has 0 heterocycles. The van der Waals surface area contributed by atoms with E-state index in [1.807, 2.05) is 0 Å². The number of hydrogen-bond acceptors (Lipinski definition) is 1. The van der Waals surface area contributed by atoms with Crippen molar-refractivity contribution in [3.8, 4) is 0 Å². The van der Waals surface area contributed by atoms with Crippen LogP contribution in [0.25, 0.3) is 0 Å². The molecular weight excluding hydrogens is 242 g/mol. The van der Waals surface area contributed by atoms with Gasteiger partial charge in [0.25, 0.3) is 0 Å². The van der Waals surface area contributed by atoms with E-state index in [2.05, 4.69) is 68.4 Å². The van der Waals surface area contributed by atoms with Crippen molar-refractivity contribution in [3.63, 3.8) is 0 Å². The van der Waals surface area contributed by atoms with Crippen LogP contribution in [-0.2, 0) is 12.8 Å². The van der Waals surface area contributed by atoms with Crippen molar-refractivity contribution >= 4 is 0 Å². The molecule has 1 unspecified atom stereocenters. The summed E-state index contributed by atoms with van der Waals surface area (Å²) in [7, 11) is 0. The van der Waals surface area contributed by atoms with Crippen LogP contribution in [0.3, 0.4) is 0 Å². The lowest BCUT2D eigenvalue weighted by Crippen LogP contribution is -2.11. The van der Waals surface area contributed by atoms with Crippen LogP contribution in [0.1, 0.15) is 43.0 Å². The molecule has 0 fully saturated rings. The van der Waals surface area contributed by atoms with E-state index in [1.165, 1.54) is 16.7 Å². The Hall–Kier alpha value is -1.60. The quantitative estimate of drug-likeness (QED) is 0.818. The zero-order chi connectivity index (χ0) is 14.4. The summed E-state index contributed by atoms with van der Waals surface area (Å²) in [5.74, 6) is 0.686. The molecule has 2 N–H and O–H groups in total. The summed E-state index contributed by atoms with van der Waals surface area (Å²) in [5, 5.41) is 0. The van der Waals surface area contributed by atoms with E-state index in [4.69, 9.17) is 5.73 Å². The molecule has 1 heteroatoms. The first-order chi connectivity index (χ1) is 9.65. The van der Waals surface area contributed by atoms with E-state index >= 15 is 0 Å². The minimum atomic E-state index is 0.127. The Kier molecular flexibility index (Phi) is 5.37. The van der Waals surface area contributed by atoms with Crippen LogP contribution in [-0.4, -0.2) is 0 Å². The molecule has 0 saturated carbocycles. The van der Waals surface area contributed by atoms with Crippen molar-refractivity contribution in [2.45, 2.75) is 39.2 Å². The molecule has 0 saturated heterocycles. The fourth-order valence-corrected chi connectivity index (χ4v) is 2.56. The molecule has 0 aliphatic carbocycles. The minimum Gasteiger partial charge on any atom is -0.324 e. The van der Waals surface area contributed by atoms with Crippen molar-refractivity contribution in [2.75, 3.05) is 0 Å². The summed E-state index contributed by atoms with van der Waals surface area (Å²) < 4.78 is 0. The minimum absolute atomic E-state index is 0.127. The van der Waals surface area contributed by atoms with E-state index in [-0.39, 0.29) is 6.04 Å². The fraction of sp³-hybridized carbons (Fsp3) is 0.368. The molecule has 0 aromatic heterocycles. The third kappa shape index (κ3) is 4.50. The Labute approximate surface area is 122 Å². The van der Waals surface area contributed by atoms with E-state index in [0.29, 0.717) is 5.92 Å². The van der Waals surface area contributed by atoms with Crippen molar-refractivity contribution in [1.82, 2.24) is 0 Å². The lowest BCUT2D eigenvalue weighted by molar-refractivity contribution is 0.635. The van der Waals surface area contributed by atoms with Gasteiger partial charge in [-0.25, -0.2) is 0 Å². The number of hydrogen-bond donors (Lipinski definition) is 1. The molecule has 1 nitrogen and oxygen atoms in total. The van der Waals surface area contributed by atoms with E-state index in [0.717, 1.165) is 19.3 Å². The monoisotopic (exact) mass is 267 g/mol. The lowest BCUT2D eigenvalue weighted by atomic mass is 9.95. The van der Waals surface area contributed by atoms with Gasteiger partial charge in [0.15, 0.2) is 0 Å². The summed E-state index contributed by atoms with van der Waals surface area (Å²) in [6.45, 7) is 4.50. The maximum Gasteiger partial charge on any atom is 0.0298 e. The highest BCUT2D eigenvalue weighted by atomic mass is 14.6. The van der Waals surface area contributed by atoms with Gasteiger partial charge in [-0.1, -0.05) is 68.4 Å². The van der Waals surface area contributed by atoms with Gasteiger partial charge in [0.1, 0.15) is 0 Å². The molecule has 2 rings (SSSR count). The molecule has 106 valence electrons. The van der Waals surface area contributed by atoms with Crippen LogP contribution in [0.15, 0.2) is 54.6 Å². The van der Waals surface area contributed by atoms with Crippen LogP contribution in [0.5, 0.6) is 0 Å². The van der Waals surface area contributed by atoms with Crippen LogP contribution >= 0.6 is 0 Å². The topological polar surface area (TPSA) is 26.0 Å². The van der Waals surface area contributed by atoms with Crippen LogP contribution in [0.4, 0.5) is 0 Å². The molecule has 1 atom stereocenters. The summed E-state index contributed by atoms with van der Waals surface area (Å²) >= 11 is 0. The van der Waals surface area contributed by atoms with Gasteiger partial charge in [0, 0.05) is 6.04 Å². The molecule has 20 heavy (non-hydrogen) atoms. The summed E-state index contributed by atoms with van der Waals surface area (Å²) in [6.07, 6.45) is 3.16. The van der Waals surface area contributed by atoms with Crippen molar-refractivity contribution < 1.29 is 0 Å². The summed E-state index contributed by atoms with van der Waals surface area (Å²) in [4.78, 5) is 0. The molecule has 0 radical (unpaired) electrons. The Bertz CT molecular complexity index is 516. The first-order valence-corrected chi connectivity index (χ1v) is 7.53. The highest BCUT2D eigenvalue weighted by molar-refractivity contribution is 5.26. The van der Waals surface area contributed by atoms with Gasteiger partial charge in [-0.2, -0.15) is 0 Å². The Morgan fingerprint density at radius 1 is 0.900 bits per heavy atom. The third-order valence-electron chi connectivity index (χ3n) is 3.61. The second kappa shape index (κ2) is 7.25. The molecule has 0 aliphatic heterocycles. The predicted molar refractivity (Wildman–Crippen MR) is 86.7 cm³/mol. The van der Waals surface area contributed by atoms with E-state index in [1.54, 1.807) is 0 Å². The zero-order valence-corrected chi connectivity index (χ0v) is 12.5. The second-order valence-corrected chi connectivity index (χ2v) is 5.97. The summed E-state index contributed by atoms with van der Waals surface area (Å²) in [5.41, 5.74) is 10.4. The van der Waals surface area contributed by atoms with Gasteiger partial charge in [-0.05, 0) is 41.9 Å². The van der Waals surface area contributed by atoms with Crippen LogP contribution in [0.2, 0.25) is 0 Å². The Morgan fingerprint density at radius 3 is 2.30 bits per heavy atom. The number of benzene rings is 2. The van der Waals surface area contributed by atoms with E-state index < -0.39 is 0 Å². The lowest BCUT2D eigenvalue weighted by Gasteiger charge is -2.14. The van der Waals surface area contributed by atoms with Crippen molar-refractivity contribution in [3.05, 3.63) is 71.3 Å². The first kappa shape index (κ1) is 14.8. The van der Waals surface area contributed by atoms with Gasteiger partial charge < -0.3 is 5.73 Å². The predicted octanol–water partition coefficient (Wildman–Crippen LogP) is 4.52. The largest absolute Gasteiger partial charge is 0.324 e. The smallest absolute Gasteiger partial charge is 0.0298 e. The molecule has 0 spiro atoms. The molecule has 0 aliphatic rings. The van der Waals surface area contributed by atoms with Gasteiger partial charge in [0.2, 0.25) is 0 Å². The SMILES string of the molecule is CC(C)Cc1cccc(C(N)CCc2ccccc2)c1. The van der Waals surface area contributed by atoms with Crippen molar-refractivity contribution in [1.29, 1.82) is 0 Å². The number of nitrogens with two attached hydrogens (primary N) is 1. The highest BCUT2D eigenvalue weighted by Crippen LogP contribution is 2.19. The van der Waals surface area contributed by atoms with Crippen molar-refractivity contribution in [2.24, 2.45) is 11.7 Å². The molecular formula is C19H25N. The third-order valence-corrected chi connectivity index (χ3v) is 3.61. The average molecular weight is 267 g/mol.